The molecule has 21 heavy (non-hydrogen) atoms. The average molecular weight is 309 g/mol. The van der Waals surface area contributed by atoms with Crippen LogP contribution in [0.5, 0.6) is 0 Å². The van der Waals surface area contributed by atoms with Crippen LogP contribution in [0.25, 0.3) is 0 Å². The molecule has 0 spiro atoms. The first kappa shape index (κ1) is 15.1. The van der Waals surface area contributed by atoms with Crippen molar-refractivity contribution >= 4 is 17.3 Å². The molecule has 1 atom stereocenters. The summed E-state index contributed by atoms with van der Waals surface area (Å²) in [5.74, 6) is 0. The summed E-state index contributed by atoms with van der Waals surface area (Å²) in [6, 6.07) is 7.29. The number of hydrogen-bond donors (Lipinski definition) is 2. The van der Waals surface area contributed by atoms with E-state index in [1.54, 1.807) is 0 Å². The van der Waals surface area contributed by atoms with Crippen LogP contribution in [0.15, 0.2) is 18.2 Å². The average Bonchev–Trinajstić information content (AvgIpc) is 3.32. The molecule has 116 valence electrons. The topological polar surface area (TPSA) is 35.5 Å². The lowest BCUT2D eigenvalue weighted by atomic mass is 10.1. The number of aliphatic hydroxyl groups excluding tert-OH is 1. The molecule has 2 aliphatic rings. The predicted molar refractivity (Wildman–Crippen MR) is 88.0 cm³/mol. The molecule has 1 unspecified atom stereocenters. The van der Waals surface area contributed by atoms with Gasteiger partial charge in [0.25, 0.3) is 0 Å². The Morgan fingerprint density at radius 3 is 2.76 bits per heavy atom. The molecule has 0 aromatic heterocycles. The molecule has 0 radical (unpaired) electrons. The van der Waals surface area contributed by atoms with Crippen molar-refractivity contribution in [1.29, 1.82) is 0 Å². The van der Waals surface area contributed by atoms with Crippen molar-refractivity contribution in [2.75, 3.05) is 18.1 Å². The predicted octanol–water partition coefficient (Wildman–Crippen LogP) is 3.33. The Bertz CT molecular complexity index is 476. The lowest BCUT2D eigenvalue weighted by Crippen LogP contribution is -2.37. The summed E-state index contributed by atoms with van der Waals surface area (Å²) < 4.78 is 0. The fourth-order valence-electron chi connectivity index (χ4n) is 3.11. The zero-order chi connectivity index (χ0) is 14.7. The third kappa shape index (κ3) is 3.91. The van der Waals surface area contributed by atoms with E-state index in [9.17, 15) is 5.11 Å². The first-order chi connectivity index (χ1) is 10.3. The van der Waals surface area contributed by atoms with Crippen LogP contribution in [0.3, 0.4) is 0 Å². The fourth-order valence-corrected chi connectivity index (χ4v) is 3.35. The summed E-state index contributed by atoms with van der Waals surface area (Å²) in [7, 11) is 0. The maximum atomic E-state index is 9.64. The zero-order valence-electron chi connectivity index (χ0n) is 12.5. The molecule has 2 N–H and O–H groups in total. The molecule has 1 aliphatic carbocycles. The first-order valence-electron chi connectivity index (χ1n) is 8.17. The highest BCUT2D eigenvalue weighted by Crippen LogP contribution is 2.29. The van der Waals surface area contributed by atoms with Gasteiger partial charge >= 0.3 is 0 Å². The number of benzene rings is 1. The molecular formula is C17H25ClN2O. The molecule has 1 saturated heterocycles. The molecule has 2 fully saturated rings. The largest absolute Gasteiger partial charge is 0.394 e. The van der Waals surface area contributed by atoms with Crippen molar-refractivity contribution in [3.8, 4) is 0 Å². The molecule has 0 amide bonds. The van der Waals surface area contributed by atoms with Gasteiger partial charge in [-0.2, -0.15) is 0 Å². The lowest BCUT2D eigenvalue weighted by Gasteiger charge is -2.31. The summed E-state index contributed by atoms with van der Waals surface area (Å²) in [4.78, 5) is 2.33. The quantitative estimate of drug-likeness (QED) is 0.876. The molecule has 1 aromatic rings. The highest BCUT2D eigenvalue weighted by molar-refractivity contribution is 6.31. The van der Waals surface area contributed by atoms with Crippen LogP contribution in [-0.4, -0.2) is 30.3 Å². The number of nitrogens with zero attached hydrogens (tertiary/aromatic N) is 1. The Labute approximate surface area is 132 Å². The van der Waals surface area contributed by atoms with Gasteiger partial charge in [0.05, 0.1) is 12.6 Å². The summed E-state index contributed by atoms with van der Waals surface area (Å²) in [5, 5.41) is 14.0. The standard InChI is InChI=1S/C17H25ClN2O/c18-17-10-15(8-5-13(17)11-19-14-6-7-14)20-9-3-1-2-4-16(20)12-21/h5,8,10,14,16,19,21H,1-4,6-7,9,11-12H2. The number of hydrogen-bond acceptors (Lipinski definition) is 3. The summed E-state index contributed by atoms with van der Waals surface area (Å²) in [5.41, 5.74) is 2.32. The van der Waals surface area contributed by atoms with Gasteiger partial charge in [-0.15, -0.1) is 0 Å². The molecule has 1 aromatic carbocycles. The molecule has 3 nitrogen and oxygen atoms in total. The van der Waals surface area contributed by atoms with Crippen molar-refractivity contribution in [2.24, 2.45) is 0 Å². The summed E-state index contributed by atoms with van der Waals surface area (Å²) in [6.07, 6.45) is 7.31. The first-order valence-corrected chi connectivity index (χ1v) is 8.55. The minimum absolute atomic E-state index is 0.225. The van der Waals surface area contributed by atoms with Crippen molar-refractivity contribution in [1.82, 2.24) is 5.32 Å². The number of halogens is 1. The van der Waals surface area contributed by atoms with Gasteiger partial charge in [0, 0.05) is 29.8 Å². The van der Waals surface area contributed by atoms with E-state index in [4.69, 9.17) is 11.6 Å². The van der Waals surface area contributed by atoms with Crippen LogP contribution in [0, 0.1) is 0 Å². The van der Waals surface area contributed by atoms with Crippen LogP contribution in [-0.2, 0) is 6.54 Å². The van der Waals surface area contributed by atoms with Crippen LogP contribution in [0.1, 0.15) is 44.1 Å². The van der Waals surface area contributed by atoms with Crippen LogP contribution in [0.2, 0.25) is 5.02 Å². The maximum Gasteiger partial charge on any atom is 0.0635 e. The van der Waals surface area contributed by atoms with Crippen LogP contribution in [0.4, 0.5) is 5.69 Å². The van der Waals surface area contributed by atoms with Gasteiger partial charge in [-0.05, 0) is 43.4 Å². The van der Waals surface area contributed by atoms with Gasteiger partial charge < -0.3 is 15.3 Å². The van der Waals surface area contributed by atoms with E-state index in [0.29, 0.717) is 6.04 Å². The number of aliphatic hydroxyl groups is 1. The third-order valence-corrected chi connectivity index (χ3v) is 4.97. The molecule has 1 saturated carbocycles. The molecule has 1 aliphatic heterocycles. The zero-order valence-corrected chi connectivity index (χ0v) is 13.3. The Morgan fingerprint density at radius 2 is 2.05 bits per heavy atom. The second kappa shape index (κ2) is 6.99. The molecule has 0 bridgehead atoms. The van der Waals surface area contributed by atoms with Gasteiger partial charge in [-0.3, -0.25) is 0 Å². The van der Waals surface area contributed by atoms with Crippen LogP contribution < -0.4 is 10.2 Å². The monoisotopic (exact) mass is 308 g/mol. The lowest BCUT2D eigenvalue weighted by molar-refractivity contribution is 0.255. The van der Waals surface area contributed by atoms with E-state index in [1.807, 2.05) is 0 Å². The fraction of sp³-hybridized carbons (Fsp3) is 0.647. The number of nitrogens with one attached hydrogen (secondary N) is 1. The molecular weight excluding hydrogens is 284 g/mol. The second-order valence-electron chi connectivity index (χ2n) is 6.31. The molecule has 1 heterocycles. The van der Waals surface area contributed by atoms with E-state index in [1.165, 1.54) is 37.7 Å². The normalized spacial score (nSPS) is 23.1. The Hall–Kier alpha value is -0.770. The molecule has 3 rings (SSSR count). The number of rotatable bonds is 5. The van der Waals surface area contributed by atoms with Gasteiger partial charge in [-0.1, -0.05) is 30.5 Å². The number of anilines is 1. The van der Waals surface area contributed by atoms with Crippen molar-refractivity contribution in [3.63, 3.8) is 0 Å². The third-order valence-electron chi connectivity index (χ3n) is 4.61. The Balaban J connectivity index is 1.72. The van der Waals surface area contributed by atoms with Gasteiger partial charge in [-0.25, -0.2) is 0 Å². The Morgan fingerprint density at radius 1 is 1.19 bits per heavy atom. The van der Waals surface area contributed by atoms with Crippen molar-refractivity contribution in [3.05, 3.63) is 28.8 Å². The molecule has 4 heteroatoms. The van der Waals surface area contributed by atoms with Crippen LogP contribution >= 0.6 is 11.6 Å². The van der Waals surface area contributed by atoms with E-state index in [0.717, 1.165) is 30.2 Å². The van der Waals surface area contributed by atoms with Gasteiger partial charge in [0.2, 0.25) is 0 Å². The summed E-state index contributed by atoms with van der Waals surface area (Å²) in [6.45, 7) is 2.09. The maximum absolute atomic E-state index is 9.64. The van der Waals surface area contributed by atoms with Gasteiger partial charge in [0.15, 0.2) is 0 Å². The SMILES string of the molecule is OCC1CCCCCN1c1ccc(CNC2CC2)c(Cl)c1. The minimum Gasteiger partial charge on any atom is -0.394 e. The Kier molecular flexibility index (Phi) is 5.04. The highest BCUT2D eigenvalue weighted by atomic mass is 35.5. The summed E-state index contributed by atoms with van der Waals surface area (Å²) >= 11 is 6.46. The van der Waals surface area contributed by atoms with E-state index >= 15 is 0 Å². The van der Waals surface area contributed by atoms with E-state index in [-0.39, 0.29) is 12.6 Å². The van der Waals surface area contributed by atoms with E-state index < -0.39 is 0 Å². The highest BCUT2D eigenvalue weighted by Gasteiger charge is 2.22. The van der Waals surface area contributed by atoms with Crippen molar-refractivity contribution in [2.45, 2.75) is 57.2 Å². The van der Waals surface area contributed by atoms with Crippen molar-refractivity contribution < 1.29 is 5.11 Å². The smallest absolute Gasteiger partial charge is 0.0635 e. The van der Waals surface area contributed by atoms with Gasteiger partial charge in [0.1, 0.15) is 0 Å². The minimum atomic E-state index is 0.225. The second-order valence-corrected chi connectivity index (χ2v) is 6.72. The van der Waals surface area contributed by atoms with E-state index in [2.05, 4.69) is 28.4 Å².